The fraction of sp³-hybridized carbons (Fsp3) is 0.286. The van der Waals surface area contributed by atoms with Gasteiger partial charge in [0.15, 0.2) is 0 Å². The van der Waals surface area contributed by atoms with Gasteiger partial charge in [0.2, 0.25) is 0 Å². The van der Waals surface area contributed by atoms with Crippen LogP contribution in [0.2, 0.25) is 0 Å². The maximum atomic E-state index is 11.3. The van der Waals surface area contributed by atoms with Gasteiger partial charge in [-0.2, -0.15) is 0 Å². The van der Waals surface area contributed by atoms with E-state index in [0.29, 0.717) is 6.61 Å². The Morgan fingerprint density at radius 3 is 2.42 bits per heavy atom. The second-order valence-electron chi connectivity index (χ2n) is 4.01. The summed E-state index contributed by atoms with van der Waals surface area (Å²) < 4.78 is 14.7. The van der Waals surface area contributed by atoms with Crippen LogP contribution in [0.1, 0.15) is 5.56 Å². The molecule has 5 heteroatoms. The van der Waals surface area contributed by atoms with Crippen LogP contribution in [0.15, 0.2) is 42.5 Å². The average molecular weight is 262 g/mol. The Balaban J connectivity index is 1.66. The van der Waals surface area contributed by atoms with Gasteiger partial charge in [-0.1, -0.05) is 30.3 Å². The van der Waals surface area contributed by atoms with Crippen LogP contribution in [0, 0.1) is 0 Å². The average Bonchev–Trinajstić information content (AvgIpc) is 3.26. The Morgan fingerprint density at radius 2 is 1.79 bits per heavy atom. The van der Waals surface area contributed by atoms with Crippen LogP contribution in [0.4, 0.5) is 0 Å². The maximum Gasteiger partial charge on any atom is 0.331 e. The highest BCUT2D eigenvalue weighted by Crippen LogP contribution is 2.08. The van der Waals surface area contributed by atoms with Crippen LogP contribution in [0.25, 0.3) is 0 Å². The van der Waals surface area contributed by atoms with E-state index < -0.39 is 11.9 Å². The Kier molecular flexibility index (Phi) is 4.69. The molecule has 1 aliphatic rings. The van der Waals surface area contributed by atoms with Crippen LogP contribution < -0.4 is 0 Å². The monoisotopic (exact) mass is 262 g/mol. The van der Waals surface area contributed by atoms with Gasteiger partial charge >= 0.3 is 11.9 Å². The molecular formula is C14H14O5. The van der Waals surface area contributed by atoms with Gasteiger partial charge in [0.25, 0.3) is 0 Å². The first kappa shape index (κ1) is 13.3. The Hall–Kier alpha value is -2.14. The molecule has 19 heavy (non-hydrogen) atoms. The molecule has 0 aliphatic carbocycles. The van der Waals surface area contributed by atoms with E-state index in [1.165, 1.54) is 0 Å². The molecule has 1 fully saturated rings. The minimum atomic E-state index is -0.580. The molecule has 1 aliphatic heterocycles. The summed E-state index contributed by atoms with van der Waals surface area (Å²) in [5.74, 6) is -1.16. The third-order valence-electron chi connectivity index (χ3n) is 2.39. The molecule has 5 nitrogen and oxygen atoms in total. The third-order valence-corrected chi connectivity index (χ3v) is 2.39. The van der Waals surface area contributed by atoms with Crippen molar-refractivity contribution in [3.8, 4) is 0 Å². The standard InChI is InChI=1S/C14H14O5/c15-13(18-8-11-4-2-1-3-5-11)6-7-14(16)19-10-12-9-17-12/h1-7,12H,8-10H2. The SMILES string of the molecule is O=C(C=CC(=O)OCC1CO1)OCc1ccccc1. The summed E-state index contributed by atoms with van der Waals surface area (Å²) in [5, 5.41) is 0. The van der Waals surface area contributed by atoms with Gasteiger partial charge in [-0.05, 0) is 5.56 Å². The number of ether oxygens (including phenoxy) is 3. The number of benzene rings is 1. The first-order valence-electron chi connectivity index (χ1n) is 5.91. The summed E-state index contributed by atoms with van der Waals surface area (Å²) in [6.07, 6.45) is 2.12. The van der Waals surface area contributed by atoms with E-state index in [2.05, 4.69) is 0 Å². The van der Waals surface area contributed by atoms with Crippen molar-refractivity contribution in [2.75, 3.05) is 13.2 Å². The van der Waals surface area contributed by atoms with E-state index in [1.54, 1.807) is 0 Å². The lowest BCUT2D eigenvalue weighted by Gasteiger charge is -2.01. The number of hydrogen-bond donors (Lipinski definition) is 0. The van der Waals surface area contributed by atoms with Crippen molar-refractivity contribution in [2.45, 2.75) is 12.7 Å². The molecule has 0 aromatic heterocycles. The molecule has 0 radical (unpaired) electrons. The lowest BCUT2D eigenvalue weighted by Crippen LogP contribution is -2.08. The zero-order chi connectivity index (χ0) is 13.5. The molecule has 1 atom stereocenters. The number of hydrogen-bond acceptors (Lipinski definition) is 5. The fourth-order valence-corrected chi connectivity index (χ4v) is 1.30. The first-order chi connectivity index (χ1) is 9.24. The quantitative estimate of drug-likeness (QED) is 0.438. The number of esters is 2. The van der Waals surface area contributed by atoms with Gasteiger partial charge < -0.3 is 14.2 Å². The van der Waals surface area contributed by atoms with Crippen LogP contribution in [-0.4, -0.2) is 31.3 Å². The summed E-state index contributed by atoms with van der Waals surface area (Å²) in [6.45, 7) is 1.02. The Morgan fingerprint density at radius 1 is 1.16 bits per heavy atom. The number of rotatable bonds is 6. The van der Waals surface area contributed by atoms with E-state index in [1.807, 2.05) is 30.3 Å². The minimum Gasteiger partial charge on any atom is -0.460 e. The molecule has 0 N–H and O–H groups in total. The number of carbonyl (C=O) groups excluding carboxylic acids is 2. The third kappa shape index (κ3) is 5.35. The van der Waals surface area contributed by atoms with Crippen molar-refractivity contribution in [3.05, 3.63) is 48.0 Å². The normalized spacial score (nSPS) is 17.2. The van der Waals surface area contributed by atoms with Gasteiger partial charge in [0.05, 0.1) is 6.61 Å². The topological polar surface area (TPSA) is 65.1 Å². The van der Waals surface area contributed by atoms with Gasteiger partial charge in [-0.15, -0.1) is 0 Å². The van der Waals surface area contributed by atoms with Crippen molar-refractivity contribution in [2.24, 2.45) is 0 Å². The summed E-state index contributed by atoms with van der Waals surface area (Å²) in [6, 6.07) is 9.29. The molecule has 0 saturated carbocycles. The van der Waals surface area contributed by atoms with E-state index in [-0.39, 0.29) is 19.3 Å². The van der Waals surface area contributed by atoms with Crippen LogP contribution >= 0.6 is 0 Å². The Bertz CT molecular complexity index is 462. The summed E-state index contributed by atoms with van der Waals surface area (Å²) >= 11 is 0. The number of carbonyl (C=O) groups is 2. The molecule has 1 heterocycles. The molecule has 2 rings (SSSR count). The van der Waals surface area contributed by atoms with Gasteiger partial charge in [0, 0.05) is 12.2 Å². The van der Waals surface area contributed by atoms with Crippen molar-refractivity contribution in [1.29, 1.82) is 0 Å². The Labute approximate surface area is 110 Å². The lowest BCUT2D eigenvalue weighted by molar-refractivity contribution is -0.141. The molecule has 1 unspecified atom stereocenters. The zero-order valence-electron chi connectivity index (χ0n) is 10.3. The van der Waals surface area contributed by atoms with Crippen molar-refractivity contribution in [1.82, 2.24) is 0 Å². The molecule has 1 saturated heterocycles. The molecule has 0 bridgehead atoms. The predicted octanol–water partition coefficient (Wildman–Crippen LogP) is 1.23. The molecule has 1 aromatic rings. The molecule has 0 spiro atoms. The predicted molar refractivity (Wildman–Crippen MR) is 66.1 cm³/mol. The van der Waals surface area contributed by atoms with Gasteiger partial charge in [0.1, 0.15) is 19.3 Å². The zero-order valence-corrected chi connectivity index (χ0v) is 10.3. The largest absolute Gasteiger partial charge is 0.460 e. The van der Waals surface area contributed by atoms with Crippen molar-refractivity contribution < 1.29 is 23.8 Å². The summed E-state index contributed by atoms with van der Waals surface area (Å²) in [5.41, 5.74) is 0.887. The van der Waals surface area contributed by atoms with Crippen molar-refractivity contribution >= 4 is 11.9 Å². The highest BCUT2D eigenvalue weighted by molar-refractivity contribution is 5.91. The van der Waals surface area contributed by atoms with Crippen molar-refractivity contribution in [3.63, 3.8) is 0 Å². The number of epoxide rings is 1. The summed E-state index contributed by atoms with van der Waals surface area (Å²) in [4.78, 5) is 22.5. The van der Waals surface area contributed by atoms with Crippen LogP contribution in [0.3, 0.4) is 0 Å². The van der Waals surface area contributed by atoms with Crippen LogP contribution in [0.5, 0.6) is 0 Å². The fourth-order valence-electron chi connectivity index (χ4n) is 1.30. The lowest BCUT2D eigenvalue weighted by atomic mass is 10.2. The van der Waals surface area contributed by atoms with Crippen LogP contribution in [-0.2, 0) is 30.4 Å². The molecular weight excluding hydrogens is 248 g/mol. The summed E-state index contributed by atoms with van der Waals surface area (Å²) in [7, 11) is 0. The van der Waals surface area contributed by atoms with E-state index >= 15 is 0 Å². The highest BCUT2D eigenvalue weighted by Gasteiger charge is 2.23. The second-order valence-corrected chi connectivity index (χ2v) is 4.01. The van der Waals surface area contributed by atoms with E-state index in [9.17, 15) is 9.59 Å². The van der Waals surface area contributed by atoms with E-state index in [0.717, 1.165) is 17.7 Å². The molecule has 1 aromatic carbocycles. The first-order valence-corrected chi connectivity index (χ1v) is 5.91. The molecule has 0 amide bonds. The van der Waals surface area contributed by atoms with Gasteiger partial charge in [-0.25, -0.2) is 9.59 Å². The van der Waals surface area contributed by atoms with Gasteiger partial charge in [-0.3, -0.25) is 0 Å². The highest BCUT2D eigenvalue weighted by atomic mass is 16.6. The minimum absolute atomic E-state index is 0.0161. The maximum absolute atomic E-state index is 11.3. The second kappa shape index (κ2) is 6.70. The van der Waals surface area contributed by atoms with E-state index in [4.69, 9.17) is 14.2 Å². The smallest absolute Gasteiger partial charge is 0.331 e. The molecule has 100 valence electrons.